The fraction of sp³-hybridized carbons (Fsp3) is 0.357. The van der Waals surface area contributed by atoms with Crippen LogP contribution in [0, 0.1) is 0 Å². The van der Waals surface area contributed by atoms with Gasteiger partial charge in [0.05, 0.1) is 6.61 Å². The van der Waals surface area contributed by atoms with Crippen molar-refractivity contribution in [3.05, 3.63) is 36.2 Å². The van der Waals surface area contributed by atoms with Gasteiger partial charge in [-0.1, -0.05) is 12.1 Å². The van der Waals surface area contributed by atoms with E-state index in [9.17, 15) is 4.79 Å². The number of rotatable bonds is 5. The van der Waals surface area contributed by atoms with Crippen LogP contribution in [0.5, 0.6) is 0 Å². The Labute approximate surface area is 117 Å². The molecule has 0 bridgehead atoms. The molecule has 0 aliphatic rings. The average molecular weight is 274 g/mol. The highest BCUT2D eigenvalue weighted by Crippen LogP contribution is 2.17. The summed E-state index contributed by atoms with van der Waals surface area (Å²) in [5.41, 5.74) is 1.51. The quantitative estimate of drug-likeness (QED) is 0.884. The van der Waals surface area contributed by atoms with Crippen molar-refractivity contribution >= 4 is 5.91 Å². The fourth-order valence-electron chi connectivity index (χ4n) is 1.94. The van der Waals surface area contributed by atoms with Crippen LogP contribution in [0.1, 0.15) is 17.3 Å². The summed E-state index contributed by atoms with van der Waals surface area (Å²) in [6, 6.07) is 7.24. The Morgan fingerprint density at radius 3 is 2.65 bits per heavy atom. The Hall–Kier alpha value is -2.21. The van der Waals surface area contributed by atoms with Crippen LogP contribution in [0.3, 0.4) is 0 Å². The molecule has 1 aromatic carbocycles. The number of nitrogens with zero attached hydrogens (tertiary/aromatic N) is 4. The Kier molecular flexibility index (Phi) is 4.47. The van der Waals surface area contributed by atoms with Gasteiger partial charge in [-0.2, -0.15) is 0 Å². The second kappa shape index (κ2) is 6.29. The smallest absolute Gasteiger partial charge is 0.253 e. The molecular formula is C14H18N4O2. The number of aliphatic hydroxyl groups excluding tert-OH is 1. The molecule has 0 spiro atoms. The zero-order valence-electron chi connectivity index (χ0n) is 11.7. The van der Waals surface area contributed by atoms with Crippen LogP contribution in [0.15, 0.2) is 30.6 Å². The zero-order chi connectivity index (χ0) is 14.5. The highest BCUT2D eigenvalue weighted by Gasteiger charge is 2.12. The topological polar surface area (TPSA) is 71.2 Å². The lowest BCUT2D eigenvalue weighted by molar-refractivity contribution is 0.0767. The maximum atomic E-state index is 12.0. The SMILES string of the molecule is CCn1cnnc1-c1ccc(C(=O)N(C)CCO)cc1. The second-order valence-corrected chi connectivity index (χ2v) is 4.47. The van der Waals surface area contributed by atoms with Gasteiger partial charge in [-0.05, 0) is 19.1 Å². The van der Waals surface area contributed by atoms with E-state index in [4.69, 9.17) is 5.11 Å². The third-order valence-corrected chi connectivity index (χ3v) is 3.13. The van der Waals surface area contributed by atoms with Gasteiger partial charge in [0.2, 0.25) is 0 Å². The summed E-state index contributed by atoms with van der Waals surface area (Å²) in [6.45, 7) is 3.10. The van der Waals surface area contributed by atoms with Crippen LogP contribution < -0.4 is 0 Å². The fourth-order valence-corrected chi connectivity index (χ4v) is 1.94. The highest BCUT2D eigenvalue weighted by atomic mass is 16.3. The van der Waals surface area contributed by atoms with E-state index in [0.717, 1.165) is 17.9 Å². The van der Waals surface area contributed by atoms with E-state index in [2.05, 4.69) is 10.2 Å². The van der Waals surface area contributed by atoms with Gasteiger partial charge in [-0.25, -0.2) is 0 Å². The molecule has 106 valence electrons. The van der Waals surface area contributed by atoms with Crippen LogP contribution in [0.4, 0.5) is 0 Å². The van der Waals surface area contributed by atoms with Gasteiger partial charge in [0, 0.05) is 31.3 Å². The first-order valence-electron chi connectivity index (χ1n) is 6.52. The number of carbonyl (C=O) groups is 1. The zero-order valence-corrected chi connectivity index (χ0v) is 11.7. The summed E-state index contributed by atoms with van der Waals surface area (Å²) in [5, 5.41) is 16.8. The predicted molar refractivity (Wildman–Crippen MR) is 75.2 cm³/mol. The first-order valence-corrected chi connectivity index (χ1v) is 6.52. The summed E-state index contributed by atoms with van der Waals surface area (Å²) in [7, 11) is 1.67. The number of amides is 1. The Balaban J connectivity index is 2.20. The van der Waals surface area contributed by atoms with Crippen LogP contribution in [0.25, 0.3) is 11.4 Å². The van der Waals surface area contributed by atoms with Crippen LogP contribution >= 0.6 is 0 Å². The normalized spacial score (nSPS) is 10.6. The van der Waals surface area contributed by atoms with Gasteiger partial charge in [-0.15, -0.1) is 10.2 Å². The van der Waals surface area contributed by atoms with E-state index in [-0.39, 0.29) is 12.5 Å². The molecule has 0 atom stereocenters. The average Bonchev–Trinajstić information content (AvgIpc) is 2.95. The number of carbonyl (C=O) groups excluding carboxylic acids is 1. The molecule has 0 aliphatic carbocycles. The van der Waals surface area contributed by atoms with Gasteiger partial charge in [0.15, 0.2) is 5.82 Å². The minimum atomic E-state index is -0.109. The number of benzene rings is 1. The van der Waals surface area contributed by atoms with Crippen molar-refractivity contribution in [2.45, 2.75) is 13.5 Å². The molecule has 1 aromatic heterocycles. The van der Waals surface area contributed by atoms with Crippen molar-refractivity contribution in [1.29, 1.82) is 0 Å². The molecule has 0 aliphatic heterocycles. The summed E-state index contributed by atoms with van der Waals surface area (Å²) in [4.78, 5) is 13.5. The number of aromatic nitrogens is 3. The number of likely N-dealkylation sites (N-methyl/N-ethyl adjacent to an activating group) is 1. The first kappa shape index (κ1) is 14.2. The summed E-state index contributed by atoms with van der Waals surface area (Å²) in [6.07, 6.45) is 1.68. The number of hydrogen-bond donors (Lipinski definition) is 1. The maximum absolute atomic E-state index is 12.0. The van der Waals surface area contributed by atoms with Crippen LogP contribution in [0.2, 0.25) is 0 Å². The summed E-state index contributed by atoms with van der Waals surface area (Å²) in [5.74, 6) is 0.678. The molecule has 0 fully saturated rings. The minimum absolute atomic E-state index is 0.0417. The van der Waals surface area contributed by atoms with Crippen LogP contribution in [-0.2, 0) is 6.54 Å². The molecule has 2 rings (SSSR count). The molecule has 0 saturated heterocycles. The van der Waals surface area contributed by atoms with Crippen molar-refractivity contribution in [2.75, 3.05) is 20.2 Å². The molecule has 0 unspecified atom stereocenters. The molecule has 20 heavy (non-hydrogen) atoms. The molecular weight excluding hydrogens is 256 g/mol. The number of aryl methyl sites for hydroxylation is 1. The maximum Gasteiger partial charge on any atom is 0.253 e. The molecule has 6 heteroatoms. The Morgan fingerprint density at radius 1 is 1.35 bits per heavy atom. The second-order valence-electron chi connectivity index (χ2n) is 4.47. The third kappa shape index (κ3) is 2.85. The summed E-state index contributed by atoms with van der Waals surface area (Å²) >= 11 is 0. The van der Waals surface area contributed by atoms with Gasteiger partial charge in [0.1, 0.15) is 6.33 Å². The molecule has 0 radical (unpaired) electrons. The highest BCUT2D eigenvalue weighted by molar-refractivity contribution is 5.94. The molecule has 0 saturated carbocycles. The lowest BCUT2D eigenvalue weighted by Gasteiger charge is -2.15. The van der Waals surface area contributed by atoms with Gasteiger partial charge < -0.3 is 14.6 Å². The third-order valence-electron chi connectivity index (χ3n) is 3.13. The number of hydrogen-bond acceptors (Lipinski definition) is 4. The van der Waals surface area contributed by atoms with Crippen LogP contribution in [-0.4, -0.2) is 50.9 Å². The van der Waals surface area contributed by atoms with Gasteiger partial charge in [-0.3, -0.25) is 4.79 Å². The number of aliphatic hydroxyl groups is 1. The van der Waals surface area contributed by atoms with E-state index < -0.39 is 0 Å². The standard InChI is InChI=1S/C14H18N4O2/c1-3-18-10-15-16-13(18)11-4-6-12(7-5-11)14(20)17(2)8-9-19/h4-7,10,19H,3,8-9H2,1-2H3. The lowest BCUT2D eigenvalue weighted by Crippen LogP contribution is -2.29. The van der Waals surface area contributed by atoms with E-state index in [1.54, 1.807) is 25.5 Å². The molecule has 1 heterocycles. The summed E-state index contributed by atoms with van der Waals surface area (Å²) < 4.78 is 1.94. The van der Waals surface area contributed by atoms with E-state index in [0.29, 0.717) is 12.1 Å². The molecule has 2 aromatic rings. The van der Waals surface area contributed by atoms with Gasteiger partial charge >= 0.3 is 0 Å². The Morgan fingerprint density at radius 2 is 2.05 bits per heavy atom. The largest absolute Gasteiger partial charge is 0.395 e. The van der Waals surface area contributed by atoms with E-state index in [1.807, 2.05) is 23.6 Å². The molecule has 6 nitrogen and oxygen atoms in total. The minimum Gasteiger partial charge on any atom is -0.395 e. The Bertz CT molecular complexity index is 577. The van der Waals surface area contributed by atoms with Crippen molar-refractivity contribution < 1.29 is 9.90 Å². The van der Waals surface area contributed by atoms with Crippen molar-refractivity contribution in [3.8, 4) is 11.4 Å². The van der Waals surface area contributed by atoms with Crippen molar-refractivity contribution in [3.63, 3.8) is 0 Å². The van der Waals surface area contributed by atoms with E-state index >= 15 is 0 Å². The lowest BCUT2D eigenvalue weighted by atomic mass is 10.1. The monoisotopic (exact) mass is 274 g/mol. The molecule has 1 N–H and O–H groups in total. The van der Waals surface area contributed by atoms with Gasteiger partial charge in [0.25, 0.3) is 5.91 Å². The van der Waals surface area contributed by atoms with Crippen molar-refractivity contribution in [1.82, 2.24) is 19.7 Å². The predicted octanol–water partition coefficient (Wildman–Crippen LogP) is 1.03. The van der Waals surface area contributed by atoms with Crippen molar-refractivity contribution in [2.24, 2.45) is 0 Å². The molecule has 1 amide bonds. The van der Waals surface area contributed by atoms with E-state index in [1.165, 1.54) is 4.90 Å². The first-order chi connectivity index (χ1) is 9.67.